The number of rotatable bonds is 4. The zero-order chi connectivity index (χ0) is 15.4. The number of nitro benzene ring substituents is 1. The first-order valence-electron chi connectivity index (χ1n) is 7.19. The Balaban J connectivity index is 2.11. The highest BCUT2D eigenvalue weighted by atomic mass is 79.9. The van der Waals surface area contributed by atoms with Crippen molar-refractivity contribution in [3.05, 3.63) is 38.3 Å². The van der Waals surface area contributed by atoms with E-state index < -0.39 is 4.92 Å². The molecule has 0 radical (unpaired) electrons. The van der Waals surface area contributed by atoms with E-state index in [2.05, 4.69) is 15.9 Å². The smallest absolute Gasteiger partial charge is 0.284 e. The van der Waals surface area contributed by atoms with Gasteiger partial charge in [-0.2, -0.15) is 0 Å². The Bertz CT molecular complexity index is 542. The van der Waals surface area contributed by atoms with Gasteiger partial charge in [-0.05, 0) is 40.8 Å². The highest BCUT2D eigenvalue weighted by Crippen LogP contribution is 2.30. The molecule has 5 nitrogen and oxygen atoms in total. The first kappa shape index (κ1) is 15.9. The number of carbonyl (C=O) groups excluding carboxylic acids is 1. The minimum Gasteiger partial charge on any atom is -0.341 e. The first-order valence-corrected chi connectivity index (χ1v) is 7.98. The van der Waals surface area contributed by atoms with Crippen molar-refractivity contribution in [2.75, 3.05) is 13.6 Å². The molecule has 0 aliphatic heterocycles. The summed E-state index contributed by atoms with van der Waals surface area (Å²) in [6.45, 7) is 0.716. The van der Waals surface area contributed by atoms with Crippen LogP contribution in [0.3, 0.4) is 0 Å². The van der Waals surface area contributed by atoms with Crippen LogP contribution in [-0.4, -0.2) is 29.3 Å². The quantitative estimate of drug-likeness (QED) is 0.606. The highest BCUT2D eigenvalue weighted by Gasteiger charge is 2.24. The Morgan fingerprint density at radius 3 is 2.67 bits per heavy atom. The second kappa shape index (κ2) is 7.02. The van der Waals surface area contributed by atoms with Gasteiger partial charge in [0.25, 0.3) is 11.6 Å². The van der Waals surface area contributed by atoms with Crippen molar-refractivity contribution in [2.45, 2.75) is 32.1 Å². The van der Waals surface area contributed by atoms with Crippen molar-refractivity contribution in [3.8, 4) is 0 Å². The van der Waals surface area contributed by atoms with Gasteiger partial charge in [-0.25, -0.2) is 0 Å². The third kappa shape index (κ3) is 3.81. The third-order valence-electron chi connectivity index (χ3n) is 4.01. The van der Waals surface area contributed by atoms with Crippen LogP contribution >= 0.6 is 15.9 Å². The van der Waals surface area contributed by atoms with Gasteiger partial charge < -0.3 is 4.90 Å². The van der Waals surface area contributed by atoms with E-state index in [4.69, 9.17) is 0 Å². The molecule has 0 atom stereocenters. The molecule has 0 spiro atoms. The summed E-state index contributed by atoms with van der Waals surface area (Å²) < 4.78 is 0.260. The number of nitrogens with zero attached hydrogens (tertiary/aromatic N) is 2. The average Bonchev–Trinajstić information content (AvgIpc) is 2.47. The van der Waals surface area contributed by atoms with Crippen LogP contribution in [0.15, 0.2) is 22.7 Å². The molecule has 0 bridgehead atoms. The van der Waals surface area contributed by atoms with Gasteiger partial charge in [0.05, 0.1) is 10.5 Å². The van der Waals surface area contributed by atoms with Crippen molar-refractivity contribution in [1.82, 2.24) is 4.90 Å². The summed E-state index contributed by atoms with van der Waals surface area (Å²) in [7, 11) is 1.77. The van der Waals surface area contributed by atoms with E-state index in [-0.39, 0.29) is 16.1 Å². The number of benzene rings is 1. The number of hydrogen-bond acceptors (Lipinski definition) is 3. The summed E-state index contributed by atoms with van der Waals surface area (Å²) in [4.78, 5) is 24.6. The summed E-state index contributed by atoms with van der Waals surface area (Å²) in [5.74, 6) is 0.376. The molecule has 114 valence electrons. The van der Waals surface area contributed by atoms with Crippen molar-refractivity contribution in [2.24, 2.45) is 5.92 Å². The van der Waals surface area contributed by atoms with E-state index in [1.54, 1.807) is 24.1 Å². The third-order valence-corrected chi connectivity index (χ3v) is 4.84. The normalized spacial score (nSPS) is 15.7. The van der Waals surface area contributed by atoms with Gasteiger partial charge in [0.2, 0.25) is 0 Å². The lowest BCUT2D eigenvalue weighted by atomic mass is 9.89. The number of hydrogen-bond donors (Lipinski definition) is 0. The fourth-order valence-corrected chi connectivity index (χ4v) is 3.45. The lowest BCUT2D eigenvalue weighted by molar-refractivity contribution is -0.385. The van der Waals surface area contributed by atoms with Crippen LogP contribution in [0.4, 0.5) is 5.69 Å². The first-order chi connectivity index (χ1) is 10.0. The molecule has 21 heavy (non-hydrogen) atoms. The Hall–Kier alpha value is -1.43. The maximum Gasteiger partial charge on any atom is 0.284 e. The topological polar surface area (TPSA) is 63.5 Å². The minimum absolute atomic E-state index is 0.0769. The zero-order valence-corrected chi connectivity index (χ0v) is 13.6. The summed E-state index contributed by atoms with van der Waals surface area (Å²) >= 11 is 3.19. The van der Waals surface area contributed by atoms with Crippen molar-refractivity contribution >= 4 is 27.5 Å². The molecule has 6 heteroatoms. The molecule has 0 saturated heterocycles. The molecular formula is C15H19BrN2O3. The highest BCUT2D eigenvalue weighted by molar-refractivity contribution is 9.10. The second-order valence-corrected chi connectivity index (χ2v) is 6.38. The maximum atomic E-state index is 12.5. The van der Waals surface area contributed by atoms with E-state index in [1.165, 1.54) is 25.3 Å². The minimum atomic E-state index is -0.484. The Morgan fingerprint density at radius 1 is 1.38 bits per heavy atom. The lowest BCUT2D eigenvalue weighted by Crippen LogP contribution is -2.32. The monoisotopic (exact) mass is 354 g/mol. The Labute approximate surface area is 132 Å². The molecule has 0 heterocycles. The van der Waals surface area contributed by atoms with Gasteiger partial charge in [-0.3, -0.25) is 14.9 Å². The number of nitro groups is 1. The van der Waals surface area contributed by atoms with Gasteiger partial charge >= 0.3 is 0 Å². The van der Waals surface area contributed by atoms with Gasteiger partial charge in [0, 0.05) is 19.7 Å². The van der Waals surface area contributed by atoms with Crippen LogP contribution in [0.5, 0.6) is 0 Å². The molecule has 1 fully saturated rings. The lowest BCUT2D eigenvalue weighted by Gasteiger charge is -2.27. The van der Waals surface area contributed by atoms with Gasteiger partial charge in [-0.1, -0.05) is 25.3 Å². The van der Waals surface area contributed by atoms with Crippen LogP contribution in [0, 0.1) is 16.0 Å². The van der Waals surface area contributed by atoms with Crippen LogP contribution < -0.4 is 0 Å². The molecule has 1 aromatic carbocycles. The molecule has 1 aliphatic carbocycles. The number of halogens is 1. The van der Waals surface area contributed by atoms with Gasteiger partial charge in [0.15, 0.2) is 0 Å². The van der Waals surface area contributed by atoms with Crippen LogP contribution in [0.2, 0.25) is 0 Å². The molecule has 0 N–H and O–H groups in total. The summed E-state index contributed by atoms with van der Waals surface area (Å²) in [5.41, 5.74) is 0.273. The van der Waals surface area contributed by atoms with Crippen molar-refractivity contribution < 1.29 is 9.72 Å². The predicted molar refractivity (Wildman–Crippen MR) is 84.3 cm³/mol. The fraction of sp³-hybridized carbons (Fsp3) is 0.533. The van der Waals surface area contributed by atoms with E-state index in [9.17, 15) is 14.9 Å². The second-order valence-electron chi connectivity index (χ2n) is 5.59. The molecule has 0 unspecified atom stereocenters. The summed E-state index contributed by atoms with van der Waals surface area (Å²) in [6.07, 6.45) is 6.06. The largest absolute Gasteiger partial charge is 0.341 e. The molecule has 1 saturated carbocycles. The van der Waals surface area contributed by atoms with Crippen LogP contribution in [0.1, 0.15) is 42.5 Å². The molecule has 0 aromatic heterocycles. The summed E-state index contributed by atoms with van der Waals surface area (Å²) in [5, 5.41) is 10.9. The van der Waals surface area contributed by atoms with E-state index in [0.717, 1.165) is 12.8 Å². The number of amides is 1. The molecule has 1 amide bonds. The fourth-order valence-electron chi connectivity index (χ4n) is 2.87. The molecular weight excluding hydrogens is 336 g/mol. The Morgan fingerprint density at radius 2 is 2.05 bits per heavy atom. The summed E-state index contributed by atoms with van der Waals surface area (Å²) in [6, 6.07) is 4.56. The van der Waals surface area contributed by atoms with E-state index >= 15 is 0 Å². The van der Waals surface area contributed by atoms with Gasteiger partial charge in [-0.15, -0.1) is 0 Å². The maximum absolute atomic E-state index is 12.5. The molecule has 1 aliphatic rings. The zero-order valence-electron chi connectivity index (χ0n) is 12.0. The van der Waals surface area contributed by atoms with Crippen LogP contribution in [0.25, 0.3) is 0 Å². The Kier molecular flexibility index (Phi) is 5.33. The number of carbonyl (C=O) groups is 1. The average molecular weight is 355 g/mol. The molecule has 2 rings (SSSR count). The van der Waals surface area contributed by atoms with E-state index in [1.807, 2.05) is 0 Å². The SMILES string of the molecule is CN(CC1CCCCC1)C(=O)c1cccc([N+](=O)[O-])c1Br. The van der Waals surface area contributed by atoms with Crippen LogP contribution in [-0.2, 0) is 0 Å². The predicted octanol–water partition coefficient (Wildman–Crippen LogP) is 4.01. The van der Waals surface area contributed by atoms with Crippen molar-refractivity contribution in [3.63, 3.8) is 0 Å². The van der Waals surface area contributed by atoms with Crippen molar-refractivity contribution in [1.29, 1.82) is 0 Å². The molecule has 1 aromatic rings. The van der Waals surface area contributed by atoms with Gasteiger partial charge in [0.1, 0.15) is 4.47 Å². The standard InChI is InChI=1S/C15H19BrN2O3/c1-17(10-11-6-3-2-4-7-11)15(19)12-8-5-9-13(14(12)16)18(20)21/h5,8-9,11H,2-4,6-7,10H2,1H3. The van der Waals surface area contributed by atoms with E-state index in [0.29, 0.717) is 18.0 Å².